The summed E-state index contributed by atoms with van der Waals surface area (Å²) in [5.41, 5.74) is 3.18. The third-order valence-corrected chi connectivity index (χ3v) is 7.03. The fourth-order valence-corrected chi connectivity index (χ4v) is 4.87. The average Bonchev–Trinajstić information content (AvgIpc) is 3.62. The Morgan fingerprint density at radius 3 is 2.57 bits per heavy atom. The van der Waals surface area contributed by atoms with Crippen LogP contribution in [0.25, 0.3) is 5.69 Å². The molecule has 35 heavy (non-hydrogen) atoms. The molecule has 0 radical (unpaired) electrons. The first kappa shape index (κ1) is 23.3. The summed E-state index contributed by atoms with van der Waals surface area (Å²) in [7, 11) is 0. The maximum Gasteiger partial charge on any atom is 0.259 e. The van der Waals surface area contributed by atoms with Crippen LogP contribution in [0.5, 0.6) is 0 Å². The molecule has 8 nitrogen and oxygen atoms in total. The van der Waals surface area contributed by atoms with Gasteiger partial charge in [-0.3, -0.25) is 4.79 Å². The van der Waals surface area contributed by atoms with E-state index in [1.54, 1.807) is 30.6 Å². The predicted octanol–water partition coefficient (Wildman–Crippen LogP) is 4.52. The number of carbonyl (C=O) groups excluding carboxylic acids is 1. The Bertz CT molecular complexity index is 1250. The van der Waals surface area contributed by atoms with E-state index in [-0.39, 0.29) is 18.4 Å². The van der Waals surface area contributed by atoms with Crippen LogP contribution < -0.4 is 10.2 Å². The van der Waals surface area contributed by atoms with E-state index in [4.69, 9.17) is 11.6 Å². The molecular formula is C26H27ClN6O2. The summed E-state index contributed by atoms with van der Waals surface area (Å²) < 4.78 is 1.81. The fourth-order valence-electron chi connectivity index (χ4n) is 4.75. The molecule has 9 heteroatoms. The lowest BCUT2D eigenvalue weighted by Gasteiger charge is -2.33. The highest BCUT2D eigenvalue weighted by Gasteiger charge is 2.33. The Balaban J connectivity index is 1.34. The van der Waals surface area contributed by atoms with Crippen LogP contribution in [0.2, 0.25) is 5.02 Å². The van der Waals surface area contributed by atoms with Crippen molar-refractivity contribution in [2.45, 2.75) is 38.0 Å². The molecule has 0 bridgehead atoms. The molecule has 1 saturated heterocycles. The molecule has 0 spiro atoms. The van der Waals surface area contributed by atoms with Crippen molar-refractivity contribution in [3.8, 4) is 11.8 Å². The number of amides is 1. The molecular weight excluding hydrogens is 464 g/mol. The molecule has 1 aliphatic heterocycles. The second-order valence-corrected chi connectivity index (χ2v) is 9.65. The summed E-state index contributed by atoms with van der Waals surface area (Å²) in [4.78, 5) is 19.9. The van der Waals surface area contributed by atoms with Gasteiger partial charge in [0.1, 0.15) is 11.9 Å². The van der Waals surface area contributed by atoms with Crippen LogP contribution in [-0.4, -0.2) is 45.5 Å². The van der Waals surface area contributed by atoms with Crippen molar-refractivity contribution in [3.63, 3.8) is 0 Å². The van der Waals surface area contributed by atoms with Gasteiger partial charge in [-0.1, -0.05) is 11.6 Å². The molecule has 1 amide bonds. The molecule has 1 aromatic carbocycles. The predicted molar refractivity (Wildman–Crippen MR) is 134 cm³/mol. The summed E-state index contributed by atoms with van der Waals surface area (Å²) in [6, 6.07) is 11.3. The van der Waals surface area contributed by atoms with Crippen molar-refractivity contribution in [1.82, 2.24) is 14.8 Å². The van der Waals surface area contributed by atoms with E-state index < -0.39 is 0 Å². The minimum absolute atomic E-state index is 0.210. The van der Waals surface area contributed by atoms with Gasteiger partial charge in [-0.2, -0.15) is 10.4 Å². The van der Waals surface area contributed by atoms with Crippen molar-refractivity contribution >= 4 is 29.0 Å². The van der Waals surface area contributed by atoms with Crippen molar-refractivity contribution in [2.24, 2.45) is 5.92 Å². The quantitative estimate of drug-likeness (QED) is 0.504. The van der Waals surface area contributed by atoms with E-state index in [1.165, 1.54) is 0 Å². The number of aliphatic hydroxyl groups is 1. The summed E-state index contributed by atoms with van der Waals surface area (Å²) in [6.07, 6.45) is 7.98. The molecule has 3 heterocycles. The number of anilines is 2. The first-order valence-corrected chi connectivity index (χ1v) is 12.4. The number of nitrogens with zero attached hydrogens (tertiary/aromatic N) is 5. The highest BCUT2D eigenvalue weighted by Crippen LogP contribution is 2.42. The van der Waals surface area contributed by atoms with Gasteiger partial charge in [0.15, 0.2) is 0 Å². The van der Waals surface area contributed by atoms with Gasteiger partial charge in [-0.15, -0.1) is 0 Å². The molecule has 3 aromatic rings. The van der Waals surface area contributed by atoms with Crippen LogP contribution in [0.1, 0.15) is 59.6 Å². The zero-order valence-corrected chi connectivity index (χ0v) is 20.1. The number of aromatic nitrogens is 3. The standard InChI is InChI=1S/C26H27ClN6O2/c27-20-3-5-22(6-4-20)33-24(18-1-2-18)23(16-30-33)26(35)31-21-13-19(14-28)25(29-15-21)32-10-7-17(8-11-32)9-12-34/h3-6,13,15-18,34H,1-2,7-12H2,(H,31,35). The molecule has 0 unspecified atom stereocenters. The van der Waals surface area contributed by atoms with E-state index in [9.17, 15) is 15.2 Å². The lowest BCUT2D eigenvalue weighted by Crippen LogP contribution is -2.35. The van der Waals surface area contributed by atoms with Gasteiger partial charge in [0.25, 0.3) is 5.91 Å². The maximum atomic E-state index is 13.2. The van der Waals surface area contributed by atoms with Gasteiger partial charge in [0, 0.05) is 30.6 Å². The topological polar surface area (TPSA) is 107 Å². The first-order chi connectivity index (χ1) is 17.1. The van der Waals surface area contributed by atoms with Crippen molar-refractivity contribution in [1.29, 1.82) is 5.26 Å². The van der Waals surface area contributed by atoms with Crippen molar-refractivity contribution in [2.75, 3.05) is 29.9 Å². The van der Waals surface area contributed by atoms with Crippen LogP contribution in [0, 0.1) is 17.2 Å². The highest BCUT2D eigenvalue weighted by atomic mass is 35.5. The van der Waals surface area contributed by atoms with Crippen LogP contribution in [0.3, 0.4) is 0 Å². The van der Waals surface area contributed by atoms with E-state index in [1.807, 2.05) is 16.8 Å². The van der Waals surface area contributed by atoms with Gasteiger partial charge in [0.2, 0.25) is 0 Å². The Morgan fingerprint density at radius 1 is 1.17 bits per heavy atom. The zero-order chi connectivity index (χ0) is 24.4. The second kappa shape index (κ2) is 10.1. The number of aliphatic hydroxyl groups excluding tert-OH is 1. The summed E-state index contributed by atoms with van der Waals surface area (Å²) in [5.74, 6) is 1.17. The summed E-state index contributed by atoms with van der Waals surface area (Å²) >= 11 is 6.03. The monoisotopic (exact) mass is 490 g/mol. The number of carbonyl (C=O) groups is 1. The third kappa shape index (κ3) is 5.02. The van der Waals surface area contributed by atoms with E-state index >= 15 is 0 Å². The summed E-state index contributed by atoms with van der Waals surface area (Å²) in [5, 5.41) is 27.0. The van der Waals surface area contributed by atoms with E-state index in [0.29, 0.717) is 33.6 Å². The Labute approximate surface area is 209 Å². The average molecular weight is 491 g/mol. The van der Waals surface area contributed by atoms with Gasteiger partial charge in [-0.25, -0.2) is 9.67 Å². The number of rotatable bonds is 7. The Hall–Kier alpha value is -3.41. The molecule has 1 saturated carbocycles. The molecule has 0 atom stereocenters. The molecule has 180 valence electrons. The number of nitriles is 1. The number of halogens is 1. The maximum absolute atomic E-state index is 13.2. The lowest BCUT2D eigenvalue weighted by molar-refractivity contribution is 0.102. The number of benzene rings is 1. The lowest BCUT2D eigenvalue weighted by atomic mass is 9.94. The van der Waals surface area contributed by atoms with Crippen LogP contribution in [0.15, 0.2) is 42.7 Å². The minimum atomic E-state index is -0.268. The first-order valence-electron chi connectivity index (χ1n) is 12.0. The number of piperidine rings is 1. The van der Waals surface area contributed by atoms with Gasteiger partial charge in [-0.05, 0) is 68.4 Å². The SMILES string of the molecule is N#Cc1cc(NC(=O)c2cnn(-c3ccc(Cl)cc3)c2C2CC2)cnc1N1CCC(CCO)CC1. The van der Waals surface area contributed by atoms with Crippen LogP contribution >= 0.6 is 11.6 Å². The number of nitrogens with one attached hydrogen (secondary N) is 1. The second-order valence-electron chi connectivity index (χ2n) is 9.21. The van der Waals surface area contributed by atoms with E-state index in [2.05, 4.69) is 26.4 Å². The van der Waals surface area contributed by atoms with Gasteiger partial charge in [0.05, 0.1) is 40.6 Å². The molecule has 1 aliphatic carbocycles. The Kier molecular flexibility index (Phi) is 6.71. The van der Waals surface area contributed by atoms with Gasteiger partial charge < -0.3 is 15.3 Å². The normalized spacial score (nSPS) is 16.2. The molecule has 2 N–H and O–H groups in total. The van der Waals surface area contributed by atoms with E-state index in [0.717, 1.165) is 56.6 Å². The minimum Gasteiger partial charge on any atom is -0.396 e. The smallest absolute Gasteiger partial charge is 0.259 e. The highest BCUT2D eigenvalue weighted by molar-refractivity contribution is 6.30. The Morgan fingerprint density at radius 2 is 1.91 bits per heavy atom. The molecule has 2 aliphatic rings. The van der Waals surface area contributed by atoms with Gasteiger partial charge >= 0.3 is 0 Å². The number of hydrogen-bond acceptors (Lipinski definition) is 6. The number of pyridine rings is 1. The third-order valence-electron chi connectivity index (χ3n) is 6.78. The zero-order valence-electron chi connectivity index (χ0n) is 19.3. The number of hydrogen-bond donors (Lipinski definition) is 2. The molecule has 2 aromatic heterocycles. The molecule has 2 fully saturated rings. The summed E-state index contributed by atoms with van der Waals surface area (Å²) in [6.45, 7) is 1.81. The fraction of sp³-hybridized carbons (Fsp3) is 0.385. The molecule has 5 rings (SSSR count). The van der Waals surface area contributed by atoms with Crippen LogP contribution in [0.4, 0.5) is 11.5 Å². The van der Waals surface area contributed by atoms with Crippen molar-refractivity contribution in [3.05, 3.63) is 64.6 Å². The largest absolute Gasteiger partial charge is 0.396 e. The van der Waals surface area contributed by atoms with Crippen molar-refractivity contribution < 1.29 is 9.90 Å². The van der Waals surface area contributed by atoms with Crippen LogP contribution in [-0.2, 0) is 0 Å².